The first-order valence-electron chi connectivity index (χ1n) is 8.63. The average Bonchev–Trinajstić information content (AvgIpc) is 3.11. The standard InChI is InChI=1S/C19H22N2O3S/c22-17(15-8-4-5-9-16(15)19(23)24)20-11-10-14-12-25-18(21-14)13-6-2-1-3-7-13/h1-3,6-7,12,15-16H,4-5,8-11H2,(H,20,22)(H,23,24)/p-1/t15-,16+/m1/s1. The highest BCUT2D eigenvalue weighted by molar-refractivity contribution is 7.13. The maximum atomic E-state index is 12.3. The molecule has 1 aromatic heterocycles. The second kappa shape index (κ2) is 8.25. The van der Waals surface area contributed by atoms with Crippen molar-refractivity contribution in [2.75, 3.05) is 6.54 Å². The van der Waals surface area contributed by atoms with Gasteiger partial charge in [-0.1, -0.05) is 43.2 Å². The highest BCUT2D eigenvalue weighted by Crippen LogP contribution is 2.30. The molecule has 1 heterocycles. The van der Waals surface area contributed by atoms with Crippen LogP contribution in [0.4, 0.5) is 0 Å². The molecule has 1 fully saturated rings. The Morgan fingerprint density at radius 2 is 1.88 bits per heavy atom. The van der Waals surface area contributed by atoms with Crippen LogP contribution in [0.2, 0.25) is 0 Å². The molecule has 1 saturated carbocycles. The number of benzene rings is 1. The first kappa shape index (κ1) is 17.6. The van der Waals surface area contributed by atoms with E-state index in [9.17, 15) is 14.7 Å². The highest BCUT2D eigenvalue weighted by Gasteiger charge is 2.31. The number of nitrogens with zero attached hydrogens (tertiary/aromatic N) is 1. The summed E-state index contributed by atoms with van der Waals surface area (Å²) in [5, 5.41) is 17.0. The number of thiazole rings is 1. The molecule has 0 aliphatic heterocycles. The number of rotatable bonds is 6. The molecule has 1 aromatic carbocycles. The van der Waals surface area contributed by atoms with Crippen LogP contribution in [0.1, 0.15) is 31.4 Å². The number of carboxylic acids is 1. The van der Waals surface area contributed by atoms with Gasteiger partial charge in [0.25, 0.3) is 0 Å². The molecule has 1 N–H and O–H groups in total. The van der Waals surface area contributed by atoms with Gasteiger partial charge in [0.1, 0.15) is 5.01 Å². The van der Waals surface area contributed by atoms with Gasteiger partial charge < -0.3 is 15.2 Å². The fraction of sp³-hybridized carbons (Fsp3) is 0.421. The van der Waals surface area contributed by atoms with Crippen molar-refractivity contribution in [2.24, 2.45) is 11.8 Å². The van der Waals surface area contributed by atoms with E-state index in [0.29, 0.717) is 25.8 Å². The summed E-state index contributed by atoms with van der Waals surface area (Å²) in [7, 11) is 0. The molecule has 1 aliphatic rings. The van der Waals surface area contributed by atoms with Crippen LogP contribution < -0.4 is 10.4 Å². The van der Waals surface area contributed by atoms with E-state index in [2.05, 4.69) is 10.3 Å². The quantitative estimate of drug-likeness (QED) is 0.857. The Morgan fingerprint density at radius 1 is 1.16 bits per heavy atom. The van der Waals surface area contributed by atoms with Crippen molar-refractivity contribution in [3.05, 3.63) is 41.4 Å². The minimum absolute atomic E-state index is 0.174. The Bertz CT molecular complexity index is 729. The highest BCUT2D eigenvalue weighted by atomic mass is 32.1. The number of hydrogen-bond donors (Lipinski definition) is 1. The number of nitrogens with one attached hydrogen (secondary N) is 1. The van der Waals surface area contributed by atoms with Crippen molar-refractivity contribution < 1.29 is 14.7 Å². The van der Waals surface area contributed by atoms with Gasteiger partial charge in [0, 0.05) is 41.7 Å². The number of carbonyl (C=O) groups excluding carboxylic acids is 2. The number of carbonyl (C=O) groups is 2. The van der Waals surface area contributed by atoms with Crippen LogP contribution in [0.15, 0.2) is 35.7 Å². The largest absolute Gasteiger partial charge is 0.550 e. The van der Waals surface area contributed by atoms with Gasteiger partial charge in [-0.25, -0.2) is 4.98 Å². The molecule has 5 nitrogen and oxygen atoms in total. The van der Waals surface area contributed by atoms with Crippen molar-refractivity contribution in [1.82, 2.24) is 10.3 Å². The topological polar surface area (TPSA) is 82.1 Å². The lowest BCUT2D eigenvalue weighted by atomic mass is 9.78. The molecule has 0 bridgehead atoms. The van der Waals surface area contributed by atoms with Gasteiger partial charge in [0.05, 0.1) is 5.69 Å². The monoisotopic (exact) mass is 357 g/mol. The number of aromatic nitrogens is 1. The summed E-state index contributed by atoms with van der Waals surface area (Å²) < 4.78 is 0. The summed E-state index contributed by atoms with van der Waals surface area (Å²) in [4.78, 5) is 28.1. The lowest BCUT2D eigenvalue weighted by Crippen LogP contribution is -2.44. The van der Waals surface area contributed by atoms with Crippen LogP contribution in [0.3, 0.4) is 0 Å². The molecule has 2 aromatic rings. The molecule has 2 atom stereocenters. The molecule has 132 valence electrons. The summed E-state index contributed by atoms with van der Waals surface area (Å²) >= 11 is 1.58. The predicted octanol–water partition coefficient (Wildman–Crippen LogP) is 2.03. The molecular weight excluding hydrogens is 336 g/mol. The minimum Gasteiger partial charge on any atom is -0.550 e. The SMILES string of the molecule is O=C([O-])[C@H]1CCCC[C@H]1C(=O)NCCc1csc(-c2ccccc2)n1. The maximum Gasteiger partial charge on any atom is 0.223 e. The second-order valence-corrected chi connectivity index (χ2v) is 7.23. The molecule has 1 amide bonds. The third kappa shape index (κ3) is 4.45. The van der Waals surface area contributed by atoms with Crippen LogP contribution >= 0.6 is 11.3 Å². The Balaban J connectivity index is 1.52. The number of amides is 1. The molecule has 0 unspecified atom stereocenters. The Hall–Kier alpha value is -2.21. The van der Waals surface area contributed by atoms with Crippen LogP contribution in [0.25, 0.3) is 10.6 Å². The Kier molecular flexibility index (Phi) is 5.81. The van der Waals surface area contributed by atoms with E-state index in [0.717, 1.165) is 29.1 Å². The molecule has 6 heteroatoms. The van der Waals surface area contributed by atoms with E-state index in [-0.39, 0.29) is 5.91 Å². The first-order chi connectivity index (χ1) is 12.1. The van der Waals surface area contributed by atoms with Crippen LogP contribution in [-0.2, 0) is 16.0 Å². The first-order valence-corrected chi connectivity index (χ1v) is 9.51. The Morgan fingerprint density at radius 3 is 2.60 bits per heavy atom. The van der Waals surface area contributed by atoms with Crippen molar-refractivity contribution in [2.45, 2.75) is 32.1 Å². The average molecular weight is 357 g/mol. The number of hydrogen-bond acceptors (Lipinski definition) is 5. The van der Waals surface area contributed by atoms with Gasteiger partial charge in [0.15, 0.2) is 0 Å². The van der Waals surface area contributed by atoms with Gasteiger partial charge >= 0.3 is 0 Å². The number of carboxylic acid groups (broad SMARTS) is 1. The normalized spacial score (nSPS) is 20.2. The fourth-order valence-corrected chi connectivity index (χ4v) is 4.17. The Labute approximate surface area is 151 Å². The zero-order valence-corrected chi connectivity index (χ0v) is 14.8. The summed E-state index contributed by atoms with van der Waals surface area (Å²) in [6.45, 7) is 0.465. The lowest BCUT2D eigenvalue weighted by Gasteiger charge is -2.31. The summed E-state index contributed by atoms with van der Waals surface area (Å²) in [5.74, 6) is -2.40. The van der Waals surface area contributed by atoms with Crippen molar-refractivity contribution >= 4 is 23.2 Å². The number of aliphatic carboxylic acids is 1. The van der Waals surface area contributed by atoms with E-state index in [4.69, 9.17) is 0 Å². The second-order valence-electron chi connectivity index (χ2n) is 6.37. The molecule has 0 radical (unpaired) electrons. The van der Waals surface area contributed by atoms with Gasteiger partial charge in [-0.05, 0) is 12.8 Å². The predicted molar refractivity (Wildman–Crippen MR) is 94.7 cm³/mol. The maximum absolute atomic E-state index is 12.3. The molecule has 3 rings (SSSR count). The van der Waals surface area contributed by atoms with E-state index >= 15 is 0 Å². The third-order valence-corrected chi connectivity index (χ3v) is 5.60. The third-order valence-electron chi connectivity index (χ3n) is 4.66. The van der Waals surface area contributed by atoms with Crippen LogP contribution in [0.5, 0.6) is 0 Å². The summed E-state index contributed by atoms with van der Waals surface area (Å²) in [5.41, 5.74) is 2.02. The smallest absolute Gasteiger partial charge is 0.223 e. The lowest BCUT2D eigenvalue weighted by molar-refractivity contribution is -0.314. The molecular formula is C19H21N2O3S-. The van der Waals surface area contributed by atoms with Crippen molar-refractivity contribution in [1.29, 1.82) is 0 Å². The minimum atomic E-state index is -1.10. The van der Waals surface area contributed by atoms with Crippen LogP contribution in [0, 0.1) is 11.8 Å². The molecule has 1 aliphatic carbocycles. The fourth-order valence-electron chi connectivity index (χ4n) is 3.31. The van der Waals surface area contributed by atoms with E-state index < -0.39 is 17.8 Å². The molecule has 0 spiro atoms. The van der Waals surface area contributed by atoms with Crippen LogP contribution in [-0.4, -0.2) is 23.4 Å². The van der Waals surface area contributed by atoms with Gasteiger partial charge in [-0.3, -0.25) is 4.79 Å². The van der Waals surface area contributed by atoms with Gasteiger partial charge in [-0.2, -0.15) is 0 Å². The van der Waals surface area contributed by atoms with E-state index in [1.165, 1.54) is 0 Å². The van der Waals surface area contributed by atoms with Gasteiger partial charge in [0.2, 0.25) is 5.91 Å². The molecule has 25 heavy (non-hydrogen) atoms. The van der Waals surface area contributed by atoms with Crippen molar-refractivity contribution in [3.8, 4) is 10.6 Å². The summed E-state index contributed by atoms with van der Waals surface area (Å²) in [6.07, 6.45) is 3.54. The zero-order chi connectivity index (χ0) is 17.6. The molecule has 0 saturated heterocycles. The van der Waals surface area contributed by atoms with Crippen molar-refractivity contribution in [3.63, 3.8) is 0 Å². The van der Waals surface area contributed by atoms with E-state index in [1.807, 2.05) is 35.7 Å². The summed E-state index contributed by atoms with van der Waals surface area (Å²) in [6, 6.07) is 9.98. The zero-order valence-electron chi connectivity index (χ0n) is 13.9. The van der Waals surface area contributed by atoms with Gasteiger partial charge in [-0.15, -0.1) is 11.3 Å². The van der Waals surface area contributed by atoms with E-state index in [1.54, 1.807) is 11.3 Å².